The Morgan fingerprint density at radius 1 is 0.640 bits per heavy atom. The summed E-state index contributed by atoms with van der Waals surface area (Å²) in [6.45, 7) is -0.913. The van der Waals surface area contributed by atoms with Gasteiger partial charge in [0, 0.05) is 0 Å². The average Bonchev–Trinajstić information content (AvgIpc) is 3.39. The molecule has 0 N–H and O–H groups in total. The summed E-state index contributed by atoms with van der Waals surface area (Å²) in [6.07, 6.45) is 0. The molecule has 136 valence electrons. The van der Waals surface area contributed by atoms with Gasteiger partial charge < -0.3 is 9.47 Å². The van der Waals surface area contributed by atoms with E-state index in [1.165, 1.54) is 0 Å². The summed E-state index contributed by atoms with van der Waals surface area (Å²) in [7, 11) is 0. The number of halogens is 10. The fourth-order valence-electron chi connectivity index (χ4n) is 2.06. The van der Waals surface area contributed by atoms with Gasteiger partial charge in [0.05, 0.1) is 6.61 Å². The number of epoxide rings is 1. The average molecular weight is 380 g/mol. The summed E-state index contributed by atoms with van der Waals surface area (Å²) < 4.78 is 143. The lowest BCUT2D eigenvalue weighted by atomic mass is 9.96. The second kappa shape index (κ2) is 5.13. The second-order valence-electron chi connectivity index (χ2n) is 4.97. The maximum Gasteiger partial charge on any atom is 0.359 e. The largest absolute Gasteiger partial charge is 0.440 e. The zero-order valence-corrected chi connectivity index (χ0v) is 11.3. The molecule has 1 aliphatic carbocycles. The van der Waals surface area contributed by atoms with Crippen LogP contribution >= 0.6 is 0 Å². The molecule has 0 radical (unpaired) electrons. The van der Waals surface area contributed by atoms with Crippen LogP contribution in [0.15, 0.2) is 23.3 Å². The van der Waals surface area contributed by atoms with Crippen molar-refractivity contribution in [3.63, 3.8) is 0 Å². The van der Waals surface area contributed by atoms with Gasteiger partial charge in [0.25, 0.3) is 0 Å². The van der Waals surface area contributed by atoms with E-state index < -0.39 is 76.2 Å². The minimum absolute atomic E-state index is 0.913. The first-order chi connectivity index (χ1) is 11.5. The lowest BCUT2D eigenvalue weighted by molar-refractivity contribution is -0.0483. The first kappa shape index (κ1) is 17.6. The molecule has 1 saturated heterocycles. The highest BCUT2D eigenvalue weighted by Gasteiger charge is 2.67. The zero-order valence-electron chi connectivity index (χ0n) is 11.3. The van der Waals surface area contributed by atoms with Crippen molar-refractivity contribution in [3.8, 4) is 5.75 Å². The maximum absolute atomic E-state index is 14.3. The first-order valence-corrected chi connectivity index (χ1v) is 6.14. The number of hydrogen-bond acceptors (Lipinski definition) is 2. The van der Waals surface area contributed by atoms with Crippen molar-refractivity contribution in [1.82, 2.24) is 0 Å². The highest BCUT2D eigenvalue weighted by molar-refractivity contribution is 5.46. The number of rotatable bonds is 2. The van der Waals surface area contributed by atoms with Gasteiger partial charge in [0.1, 0.15) is 0 Å². The van der Waals surface area contributed by atoms with E-state index in [1.807, 2.05) is 0 Å². The van der Waals surface area contributed by atoms with Gasteiger partial charge in [-0.3, -0.25) is 0 Å². The summed E-state index contributed by atoms with van der Waals surface area (Å²) in [4.78, 5) is 0. The fourth-order valence-corrected chi connectivity index (χ4v) is 2.06. The summed E-state index contributed by atoms with van der Waals surface area (Å²) in [6, 6.07) is 0. The van der Waals surface area contributed by atoms with Crippen molar-refractivity contribution >= 4 is 0 Å². The van der Waals surface area contributed by atoms with Gasteiger partial charge in [-0.2, -0.15) is 13.2 Å². The SMILES string of the molecule is FC1=C(F)C2(CO2)C(F)=C(F)C1(F)Oc1c(F)c(F)c(F)c(F)c1F. The number of hydrogen-bond donors (Lipinski definition) is 0. The van der Waals surface area contributed by atoms with Crippen LogP contribution < -0.4 is 4.74 Å². The zero-order chi connectivity index (χ0) is 18.9. The van der Waals surface area contributed by atoms with Crippen molar-refractivity contribution in [2.45, 2.75) is 11.5 Å². The van der Waals surface area contributed by atoms with Gasteiger partial charge >= 0.3 is 5.85 Å². The molecule has 3 rings (SSSR count). The lowest BCUT2D eigenvalue weighted by Gasteiger charge is -2.29. The topological polar surface area (TPSA) is 21.8 Å². The van der Waals surface area contributed by atoms with E-state index in [1.54, 1.807) is 0 Å². The van der Waals surface area contributed by atoms with Gasteiger partial charge in [-0.05, 0) is 0 Å². The molecule has 0 bridgehead atoms. The van der Waals surface area contributed by atoms with Crippen LogP contribution in [0.1, 0.15) is 0 Å². The first-order valence-electron chi connectivity index (χ1n) is 6.14. The fraction of sp³-hybridized carbons (Fsp3) is 0.231. The second-order valence-corrected chi connectivity index (χ2v) is 4.97. The van der Waals surface area contributed by atoms with Crippen LogP contribution in [0.5, 0.6) is 5.75 Å². The molecule has 2 nitrogen and oxygen atoms in total. The van der Waals surface area contributed by atoms with Gasteiger partial charge in [-0.15, -0.1) is 0 Å². The molecule has 1 fully saturated rings. The monoisotopic (exact) mass is 380 g/mol. The quantitative estimate of drug-likeness (QED) is 0.326. The Kier molecular flexibility index (Phi) is 3.61. The molecular weight excluding hydrogens is 378 g/mol. The van der Waals surface area contributed by atoms with E-state index in [4.69, 9.17) is 0 Å². The molecule has 12 heteroatoms. The number of benzene rings is 1. The van der Waals surface area contributed by atoms with Crippen molar-refractivity contribution in [1.29, 1.82) is 0 Å². The molecule has 0 saturated carbocycles. The Hall–Kier alpha value is -2.24. The highest BCUT2D eigenvalue weighted by Crippen LogP contribution is 2.55. The molecule has 1 aromatic rings. The van der Waals surface area contributed by atoms with Gasteiger partial charge in [-0.25, -0.2) is 30.7 Å². The molecule has 0 aromatic heterocycles. The summed E-state index contributed by atoms with van der Waals surface area (Å²) in [5, 5.41) is 0. The predicted octanol–water partition coefficient (Wildman–Crippen LogP) is 4.51. The van der Waals surface area contributed by atoms with E-state index in [0.29, 0.717) is 0 Å². The molecule has 1 aromatic carbocycles. The molecule has 2 aliphatic rings. The normalized spacial score (nSPS) is 28.9. The Labute approximate surface area is 130 Å². The molecular formula is C13H2F10O2. The van der Waals surface area contributed by atoms with Crippen molar-refractivity contribution in [2.75, 3.05) is 6.61 Å². The highest BCUT2D eigenvalue weighted by atomic mass is 19.2. The predicted molar refractivity (Wildman–Crippen MR) is 57.9 cm³/mol. The van der Waals surface area contributed by atoms with Crippen LogP contribution in [-0.2, 0) is 4.74 Å². The third kappa shape index (κ3) is 2.09. The Morgan fingerprint density at radius 3 is 1.36 bits per heavy atom. The molecule has 1 aliphatic heterocycles. The van der Waals surface area contributed by atoms with Crippen LogP contribution in [0, 0.1) is 29.1 Å². The smallest absolute Gasteiger partial charge is 0.359 e. The Morgan fingerprint density at radius 2 is 1.00 bits per heavy atom. The standard InChI is InChI=1S/C13H2F10O2/c14-2-3(15)5(17)7(6(18)4(2)16)25-13(23)10(21)8(19)12(1-24-12)9(20)11(13)22/h1H2. The Bertz CT molecular complexity index is 798. The number of ether oxygens (including phenoxy) is 2. The van der Waals surface area contributed by atoms with Crippen LogP contribution in [-0.4, -0.2) is 18.1 Å². The summed E-state index contributed by atoms with van der Waals surface area (Å²) in [5.41, 5.74) is -2.87. The number of alkyl halides is 1. The van der Waals surface area contributed by atoms with E-state index >= 15 is 0 Å². The summed E-state index contributed by atoms with van der Waals surface area (Å²) >= 11 is 0. The lowest BCUT2D eigenvalue weighted by Crippen LogP contribution is -2.41. The van der Waals surface area contributed by atoms with E-state index in [2.05, 4.69) is 9.47 Å². The molecule has 0 atom stereocenters. The molecule has 25 heavy (non-hydrogen) atoms. The minimum Gasteiger partial charge on any atom is -0.440 e. The third-order valence-corrected chi connectivity index (χ3v) is 3.50. The van der Waals surface area contributed by atoms with Gasteiger partial charge in [0.2, 0.25) is 46.5 Å². The molecule has 0 amide bonds. The molecule has 1 heterocycles. The van der Waals surface area contributed by atoms with Crippen LogP contribution in [0.3, 0.4) is 0 Å². The van der Waals surface area contributed by atoms with Crippen molar-refractivity contribution in [2.24, 2.45) is 0 Å². The summed E-state index contributed by atoms with van der Waals surface area (Å²) in [5.74, 6) is -31.4. The van der Waals surface area contributed by atoms with E-state index in [9.17, 15) is 43.9 Å². The molecule has 0 unspecified atom stereocenters. The maximum atomic E-state index is 14.3. The molecule has 1 spiro atoms. The third-order valence-electron chi connectivity index (χ3n) is 3.50. The van der Waals surface area contributed by atoms with Gasteiger partial charge in [0.15, 0.2) is 17.3 Å². The van der Waals surface area contributed by atoms with Crippen LogP contribution in [0.2, 0.25) is 0 Å². The van der Waals surface area contributed by atoms with Crippen LogP contribution in [0.25, 0.3) is 0 Å². The van der Waals surface area contributed by atoms with Crippen LogP contribution in [0.4, 0.5) is 43.9 Å². The van der Waals surface area contributed by atoms with Gasteiger partial charge in [-0.1, -0.05) is 0 Å². The van der Waals surface area contributed by atoms with Crippen molar-refractivity contribution < 1.29 is 53.4 Å². The van der Waals surface area contributed by atoms with E-state index in [-0.39, 0.29) is 0 Å². The Balaban J connectivity index is 2.17. The van der Waals surface area contributed by atoms with E-state index in [0.717, 1.165) is 0 Å². The van der Waals surface area contributed by atoms with Crippen molar-refractivity contribution in [3.05, 3.63) is 52.4 Å². The minimum atomic E-state index is -4.94.